The first-order valence-corrected chi connectivity index (χ1v) is 7.49. The molecule has 0 N–H and O–H groups in total. The van der Waals surface area contributed by atoms with Crippen LogP contribution in [-0.2, 0) is 10.3 Å². The number of hydrogen-bond donors (Lipinski definition) is 0. The van der Waals surface area contributed by atoms with Crippen LogP contribution in [0.25, 0.3) is 0 Å². The van der Waals surface area contributed by atoms with Crippen LogP contribution < -0.4 is 10.2 Å². The van der Waals surface area contributed by atoms with Gasteiger partial charge in [0.05, 0.1) is 5.56 Å². The highest BCUT2D eigenvalue weighted by molar-refractivity contribution is 5.96. The number of ether oxygens (including phenoxy) is 1. The second-order valence-electron chi connectivity index (χ2n) is 5.67. The van der Waals surface area contributed by atoms with E-state index in [1.807, 2.05) is 12.1 Å². The molecule has 0 unspecified atom stereocenters. The largest absolute Gasteiger partial charge is 0.872 e. The van der Waals surface area contributed by atoms with Gasteiger partial charge in [-0.05, 0) is 6.07 Å². The Bertz CT molecular complexity index is 866. The van der Waals surface area contributed by atoms with Crippen molar-refractivity contribution >= 4 is 5.97 Å². The molecule has 0 saturated heterocycles. The van der Waals surface area contributed by atoms with E-state index < -0.39 is 11.6 Å². The number of hydrogen-bond acceptors (Lipinski definition) is 4. The zero-order chi connectivity index (χ0) is 16.7. The summed E-state index contributed by atoms with van der Waals surface area (Å²) in [6.07, 6.45) is 0. The van der Waals surface area contributed by atoms with E-state index >= 15 is 0 Å². The lowest BCUT2D eigenvalue weighted by molar-refractivity contribution is -0.268. The van der Waals surface area contributed by atoms with Crippen molar-refractivity contribution in [2.45, 2.75) is 5.60 Å². The SMILES string of the molecule is O=C1OC(c2ccc([O-])cc2)(c2ccc([O-])cc2)c2ccccc21. The maximum Gasteiger partial charge on any atom is 0.340 e. The van der Waals surface area contributed by atoms with Crippen molar-refractivity contribution in [2.75, 3.05) is 0 Å². The van der Waals surface area contributed by atoms with Gasteiger partial charge in [0.2, 0.25) is 0 Å². The fourth-order valence-electron chi connectivity index (χ4n) is 3.19. The van der Waals surface area contributed by atoms with Gasteiger partial charge in [-0.2, -0.15) is 0 Å². The van der Waals surface area contributed by atoms with Gasteiger partial charge in [-0.15, -0.1) is 11.5 Å². The Labute approximate surface area is 138 Å². The van der Waals surface area contributed by atoms with Crippen LogP contribution in [0.5, 0.6) is 11.5 Å². The Morgan fingerprint density at radius 2 is 1.21 bits per heavy atom. The summed E-state index contributed by atoms with van der Waals surface area (Å²) in [6.45, 7) is 0. The highest BCUT2D eigenvalue weighted by Crippen LogP contribution is 2.47. The summed E-state index contributed by atoms with van der Waals surface area (Å²) in [4.78, 5) is 12.4. The normalized spacial score (nSPS) is 14.9. The molecule has 3 aromatic carbocycles. The van der Waals surface area contributed by atoms with Crippen LogP contribution >= 0.6 is 0 Å². The van der Waals surface area contributed by atoms with Gasteiger partial charge in [0, 0.05) is 16.7 Å². The molecule has 4 nitrogen and oxygen atoms in total. The molecule has 4 heteroatoms. The van der Waals surface area contributed by atoms with Crippen molar-refractivity contribution in [1.82, 2.24) is 0 Å². The molecule has 1 aliphatic rings. The monoisotopic (exact) mass is 316 g/mol. The first-order valence-electron chi connectivity index (χ1n) is 7.49. The van der Waals surface area contributed by atoms with Crippen LogP contribution in [0, 0.1) is 0 Å². The zero-order valence-electron chi connectivity index (χ0n) is 12.6. The minimum atomic E-state index is -1.16. The van der Waals surface area contributed by atoms with Gasteiger partial charge in [0.15, 0.2) is 5.60 Å². The van der Waals surface area contributed by atoms with E-state index in [0.29, 0.717) is 22.3 Å². The number of cyclic esters (lactones) is 1. The summed E-state index contributed by atoms with van der Waals surface area (Å²) < 4.78 is 5.83. The number of carbonyl (C=O) groups excluding carboxylic acids is 1. The fourth-order valence-corrected chi connectivity index (χ4v) is 3.19. The predicted octanol–water partition coefficient (Wildman–Crippen LogP) is 2.30. The fraction of sp³-hybridized carbons (Fsp3) is 0.0500. The maximum atomic E-state index is 12.4. The molecule has 0 amide bonds. The molecule has 24 heavy (non-hydrogen) atoms. The van der Waals surface area contributed by atoms with Crippen LogP contribution in [0.3, 0.4) is 0 Å². The average Bonchev–Trinajstić information content (AvgIpc) is 2.91. The first-order chi connectivity index (χ1) is 11.6. The van der Waals surface area contributed by atoms with Gasteiger partial charge in [0.25, 0.3) is 0 Å². The summed E-state index contributed by atoms with van der Waals surface area (Å²) in [5.41, 5.74) is 1.36. The van der Waals surface area contributed by atoms with E-state index in [-0.39, 0.29) is 11.5 Å². The molecule has 0 radical (unpaired) electrons. The molecule has 0 aromatic heterocycles. The molecule has 0 spiro atoms. The van der Waals surface area contributed by atoms with Crippen LogP contribution in [0.1, 0.15) is 27.0 Å². The molecule has 3 aromatic rings. The molecule has 0 atom stereocenters. The van der Waals surface area contributed by atoms with Gasteiger partial charge in [-0.1, -0.05) is 66.7 Å². The highest BCUT2D eigenvalue weighted by Gasteiger charge is 2.48. The van der Waals surface area contributed by atoms with Crippen molar-refractivity contribution in [3.8, 4) is 11.5 Å². The number of rotatable bonds is 2. The lowest BCUT2D eigenvalue weighted by Gasteiger charge is -2.31. The molecule has 1 aliphatic heterocycles. The average molecular weight is 316 g/mol. The molecule has 118 valence electrons. The Morgan fingerprint density at radius 3 is 1.75 bits per heavy atom. The molecule has 0 fully saturated rings. The van der Waals surface area contributed by atoms with Crippen LogP contribution in [0.15, 0.2) is 72.8 Å². The molecule has 0 saturated carbocycles. The summed E-state index contributed by atoms with van der Waals surface area (Å²) in [5, 5.41) is 23.0. The first kappa shape index (κ1) is 14.3. The summed E-state index contributed by atoms with van der Waals surface area (Å²) in [5.74, 6) is -0.675. The molecule has 0 aliphatic carbocycles. The molecule has 1 heterocycles. The molecular formula is C20H12O4-2. The van der Waals surface area contributed by atoms with E-state index in [1.54, 1.807) is 36.4 Å². The molecule has 4 rings (SSSR count). The number of benzene rings is 3. The predicted molar refractivity (Wildman–Crippen MR) is 83.5 cm³/mol. The van der Waals surface area contributed by atoms with E-state index in [4.69, 9.17) is 4.74 Å². The number of carbonyl (C=O) groups is 1. The van der Waals surface area contributed by atoms with Gasteiger partial charge in [-0.3, -0.25) is 0 Å². The van der Waals surface area contributed by atoms with Crippen molar-refractivity contribution in [2.24, 2.45) is 0 Å². The lowest BCUT2D eigenvalue weighted by Crippen LogP contribution is -2.29. The van der Waals surface area contributed by atoms with Gasteiger partial charge in [0.1, 0.15) is 0 Å². The summed E-state index contributed by atoms with van der Waals surface area (Å²) in [6, 6.07) is 19.5. The Balaban J connectivity index is 2.03. The second-order valence-corrected chi connectivity index (χ2v) is 5.67. The van der Waals surface area contributed by atoms with Crippen molar-refractivity contribution in [3.63, 3.8) is 0 Å². The third kappa shape index (κ3) is 1.97. The van der Waals surface area contributed by atoms with E-state index in [1.165, 1.54) is 24.3 Å². The van der Waals surface area contributed by atoms with Gasteiger partial charge < -0.3 is 14.9 Å². The quantitative estimate of drug-likeness (QED) is 0.680. The maximum absolute atomic E-state index is 12.4. The molecule has 0 bridgehead atoms. The van der Waals surface area contributed by atoms with Gasteiger partial charge >= 0.3 is 5.97 Å². The van der Waals surface area contributed by atoms with E-state index in [0.717, 1.165) is 0 Å². The highest BCUT2D eigenvalue weighted by atomic mass is 16.6. The lowest BCUT2D eigenvalue weighted by atomic mass is 9.80. The summed E-state index contributed by atoms with van der Waals surface area (Å²) >= 11 is 0. The number of esters is 1. The Morgan fingerprint density at radius 1 is 0.708 bits per heavy atom. The van der Waals surface area contributed by atoms with Crippen molar-refractivity contribution < 1.29 is 19.7 Å². The standard InChI is InChI=1S/C20H14O4/c21-15-9-5-13(6-10-15)20(14-7-11-16(22)12-8-14)18-4-2-1-3-17(18)19(23)24-20/h1-12,21-22H/p-2. The van der Waals surface area contributed by atoms with E-state index in [9.17, 15) is 15.0 Å². The molecular weight excluding hydrogens is 304 g/mol. The number of fused-ring (bicyclic) bond motifs is 1. The second kappa shape index (κ2) is 5.13. The Hall–Kier alpha value is -3.27. The van der Waals surface area contributed by atoms with Crippen molar-refractivity contribution in [1.29, 1.82) is 0 Å². The topological polar surface area (TPSA) is 72.4 Å². The smallest absolute Gasteiger partial charge is 0.340 e. The van der Waals surface area contributed by atoms with Crippen LogP contribution in [0.2, 0.25) is 0 Å². The zero-order valence-corrected chi connectivity index (χ0v) is 12.6. The van der Waals surface area contributed by atoms with Gasteiger partial charge in [-0.25, -0.2) is 4.79 Å². The van der Waals surface area contributed by atoms with E-state index in [2.05, 4.69) is 0 Å². The minimum absolute atomic E-state index is 0.124. The minimum Gasteiger partial charge on any atom is -0.872 e. The van der Waals surface area contributed by atoms with Crippen LogP contribution in [0.4, 0.5) is 0 Å². The third-order valence-electron chi connectivity index (χ3n) is 4.29. The summed E-state index contributed by atoms with van der Waals surface area (Å²) in [7, 11) is 0. The van der Waals surface area contributed by atoms with Crippen LogP contribution in [-0.4, -0.2) is 5.97 Å². The van der Waals surface area contributed by atoms with Crippen molar-refractivity contribution in [3.05, 3.63) is 95.1 Å². The third-order valence-corrected chi connectivity index (χ3v) is 4.29. The Kier molecular flexibility index (Phi) is 3.06.